The lowest BCUT2D eigenvalue weighted by Gasteiger charge is -2.20. The van der Waals surface area contributed by atoms with Crippen molar-refractivity contribution < 1.29 is 19.0 Å². The molecule has 0 saturated carbocycles. The zero-order valence-electron chi connectivity index (χ0n) is 15.9. The standard InChI is InChI=1S/C22H17N3O4S/c26-21(13-27-16-6-2-1-3-7-16)25(12-15-5-4-8-23-11-15)22-24-17-9-18-19(29-14-28-18)10-20(17)30-22/h1-11H,12-14H2. The van der Waals surface area contributed by atoms with E-state index in [9.17, 15) is 4.79 Å². The Hall–Kier alpha value is -3.65. The van der Waals surface area contributed by atoms with Crippen LogP contribution in [0, 0.1) is 0 Å². The molecule has 0 bridgehead atoms. The molecule has 30 heavy (non-hydrogen) atoms. The second-order valence-electron chi connectivity index (χ2n) is 6.61. The van der Waals surface area contributed by atoms with Crippen LogP contribution in [0.5, 0.6) is 17.2 Å². The van der Waals surface area contributed by atoms with Gasteiger partial charge >= 0.3 is 0 Å². The minimum Gasteiger partial charge on any atom is -0.484 e. The summed E-state index contributed by atoms with van der Waals surface area (Å²) in [4.78, 5) is 23.5. The first-order valence-corrected chi connectivity index (χ1v) is 10.2. The number of rotatable bonds is 6. The van der Waals surface area contributed by atoms with Crippen LogP contribution >= 0.6 is 11.3 Å². The third-order valence-corrected chi connectivity index (χ3v) is 5.61. The summed E-state index contributed by atoms with van der Waals surface area (Å²) in [7, 11) is 0. The fourth-order valence-electron chi connectivity index (χ4n) is 3.10. The lowest BCUT2D eigenvalue weighted by molar-refractivity contribution is -0.120. The fourth-order valence-corrected chi connectivity index (χ4v) is 4.09. The zero-order chi connectivity index (χ0) is 20.3. The van der Waals surface area contributed by atoms with E-state index in [2.05, 4.69) is 9.97 Å². The molecule has 4 aromatic rings. The number of hydrogen-bond donors (Lipinski definition) is 0. The molecule has 0 fully saturated rings. The van der Waals surface area contributed by atoms with E-state index in [1.165, 1.54) is 11.3 Å². The molecular formula is C22H17N3O4S. The van der Waals surface area contributed by atoms with E-state index < -0.39 is 0 Å². The average Bonchev–Trinajstić information content (AvgIpc) is 3.41. The number of para-hydroxylation sites is 1. The molecule has 0 saturated heterocycles. The van der Waals surface area contributed by atoms with E-state index in [1.807, 2.05) is 54.6 Å². The van der Waals surface area contributed by atoms with Gasteiger partial charge in [-0.2, -0.15) is 0 Å². The van der Waals surface area contributed by atoms with Crippen molar-refractivity contribution in [1.29, 1.82) is 0 Å². The quantitative estimate of drug-likeness (QED) is 0.470. The van der Waals surface area contributed by atoms with Gasteiger partial charge in [0.25, 0.3) is 5.91 Å². The van der Waals surface area contributed by atoms with Crippen LogP contribution in [0.3, 0.4) is 0 Å². The number of pyridine rings is 1. The van der Waals surface area contributed by atoms with Gasteiger partial charge in [-0.25, -0.2) is 4.98 Å². The van der Waals surface area contributed by atoms with Gasteiger partial charge in [0.2, 0.25) is 6.79 Å². The molecule has 7 nitrogen and oxygen atoms in total. The monoisotopic (exact) mass is 419 g/mol. The highest BCUT2D eigenvalue weighted by atomic mass is 32.1. The van der Waals surface area contributed by atoms with Gasteiger partial charge in [0.1, 0.15) is 5.75 Å². The Balaban J connectivity index is 1.44. The van der Waals surface area contributed by atoms with E-state index in [0.717, 1.165) is 15.8 Å². The number of carbonyl (C=O) groups excluding carboxylic acids is 1. The van der Waals surface area contributed by atoms with Crippen molar-refractivity contribution in [2.75, 3.05) is 18.3 Å². The highest BCUT2D eigenvalue weighted by Gasteiger charge is 2.23. The summed E-state index contributed by atoms with van der Waals surface area (Å²) < 4.78 is 17.5. The van der Waals surface area contributed by atoms with Crippen LogP contribution < -0.4 is 19.1 Å². The number of carbonyl (C=O) groups is 1. The third kappa shape index (κ3) is 3.77. The summed E-state index contributed by atoms with van der Waals surface area (Å²) in [6, 6.07) is 16.8. The maximum atomic E-state index is 13.1. The molecule has 150 valence electrons. The molecule has 0 atom stereocenters. The zero-order valence-corrected chi connectivity index (χ0v) is 16.7. The minimum atomic E-state index is -0.193. The Morgan fingerprint density at radius 1 is 1.10 bits per heavy atom. The number of thiazole rings is 1. The third-order valence-electron chi connectivity index (χ3n) is 4.57. The molecular weight excluding hydrogens is 402 g/mol. The number of aromatic nitrogens is 2. The maximum Gasteiger partial charge on any atom is 0.267 e. The highest BCUT2D eigenvalue weighted by molar-refractivity contribution is 7.22. The first kappa shape index (κ1) is 18.4. The number of ether oxygens (including phenoxy) is 3. The van der Waals surface area contributed by atoms with Crippen molar-refractivity contribution >= 4 is 32.6 Å². The summed E-state index contributed by atoms with van der Waals surface area (Å²) in [5.74, 6) is 1.80. The summed E-state index contributed by atoms with van der Waals surface area (Å²) in [5.41, 5.74) is 1.66. The summed E-state index contributed by atoms with van der Waals surface area (Å²) in [5, 5.41) is 0.583. The second-order valence-corrected chi connectivity index (χ2v) is 7.62. The predicted molar refractivity (Wildman–Crippen MR) is 113 cm³/mol. The van der Waals surface area contributed by atoms with Gasteiger partial charge < -0.3 is 14.2 Å². The SMILES string of the molecule is O=C(COc1ccccc1)N(Cc1cccnc1)c1nc2cc3c(cc2s1)OCO3. The van der Waals surface area contributed by atoms with Crippen LogP contribution in [0.4, 0.5) is 5.13 Å². The van der Waals surface area contributed by atoms with Gasteiger partial charge in [0, 0.05) is 24.5 Å². The van der Waals surface area contributed by atoms with Crippen LogP contribution in [0.1, 0.15) is 5.56 Å². The Morgan fingerprint density at radius 3 is 2.73 bits per heavy atom. The molecule has 2 aromatic carbocycles. The van der Waals surface area contributed by atoms with Gasteiger partial charge in [-0.15, -0.1) is 0 Å². The molecule has 8 heteroatoms. The van der Waals surface area contributed by atoms with E-state index >= 15 is 0 Å². The number of hydrogen-bond acceptors (Lipinski definition) is 7. The molecule has 0 spiro atoms. The molecule has 1 amide bonds. The molecule has 1 aliphatic rings. The first-order chi connectivity index (χ1) is 14.8. The largest absolute Gasteiger partial charge is 0.484 e. The van der Waals surface area contributed by atoms with Crippen molar-refractivity contribution in [3.05, 3.63) is 72.6 Å². The predicted octanol–water partition coefficient (Wildman–Crippen LogP) is 4.03. The lowest BCUT2D eigenvalue weighted by Crippen LogP contribution is -2.34. The molecule has 0 radical (unpaired) electrons. The molecule has 1 aliphatic heterocycles. The van der Waals surface area contributed by atoms with Crippen molar-refractivity contribution in [3.63, 3.8) is 0 Å². The molecule has 2 aromatic heterocycles. The van der Waals surface area contributed by atoms with Crippen molar-refractivity contribution in [2.24, 2.45) is 0 Å². The van der Waals surface area contributed by atoms with Gasteiger partial charge in [-0.3, -0.25) is 14.7 Å². The molecule has 0 N–H and O–H groups in total. The lowest BCUT2D eigenvalue weighted by atomic mass is 10.2. The smallest absolute Gasteiger partial charge is 0.267 e. The Morgan fingerprint density at radius 2 is 1.93 bits per heavy atom. The second kappa shape index (κ2) is 8.00. The van der Waals surface area contributed by atoms with E-state index in [1.54, 1.807) is 17.3 Å². The molecule has 3 heterocycles. The van der Waals surface area contributed by atoms with Crippen LogP contribution in [0.25, 0.3) is 10.2 Å². The maximum absolute atomic E-state index is 13.1. The minimum absolute atomic E-state index is 0.0943. The van der Waals surface area contributed by atoms with Crippen LogP contribution in [-0.4, -0.2) is 29.3 Å². The van der Waals surface area contributed by atoms with Crippen LogP contribution in [-0.2, 0) is 11.3 Å². The van der Waals surface area contributed by atoms with Crippen LogP contribution in [0.2, 0.25) is 0 Å². The van der Waals surface area contributed by atoms with Gasteiger partial charge in [0.15, 0.2) is 23.2 Å². The Labute approximate surface area is 176 Å². The van der Waals surface area contributed by atoms with E-state index in [4.69, 9.17) is 14.2 Å². The number of benzene rings is 2. The van der Waals surface area contributed by atoms with E-state index in [0.29, 0.717) is 28.9 Å². The average molecular weight is 419 g/mol. The number of nitrogens with zero attached hydrogens (tertiary/aromatic N) is 3. The van der Waals surface area contributed by atoms with Crippen molar-refractivity contribution in [2.45, 2.75) is 6.54 Å². The molecule has 5 rings (SSSR count). The molecule has 0 aliphatic carbocycles. The van der Waals surface area contributed by atoms with Crippen molar-refractivity contribution in [1.82, 2.24) is 9.97 Å². The summed E-state index contributed by atoms with van der Waals surface area (Å²) in [6.07, 6.45) is 3.44. The van der Waals surface area contributed by atoms with Gasteiger partial charge in [0.05, 0.1) is 16.8 Å². The Bertz CT molecular complexity index is 1140. The van der Waals surface area contributed by atoms with Gasteiger partial charge in [-0.1, -0.05) is 35.6 Å². The van der Waals surface area contributed by atoms with Gasteiger partial charge in [-0.05, 0) is 23.8 Å². The Kier molecular flexibility index (Phi) is 4.90. The number of amides is 1. The molecule has 0 unspecified atom stereocenters. The first-order valence-electron chi connectivity index (χ1n) is 9.33. The summed E-state index contributed by atoms with van der Waals surface area (Å²) >= 11 is 1.42. The van der Waals surface area contributed by atoms with E-state index in [-0.39, 0.29) is 19.3 Å². The summed E-state index contributed by atoms with van der Waals surface area (Å²) in [6.45, 7) is 0.461. The van der Waals surface area contributed by atoms with Crippen LogP contribution in [0.15, 0.2) is 67.0 Å². The number of anilines is 1. The topological polar surface area (TPSA) is 73.8 Å². The normalized spacial score (nSPS) is 12.1. The fraction of sp³-hybridized carbons (Fsp3) is 0.136. The highest BCUT2D eigenvalue weighted by Crippen LogP contribution is 2.40. The number of fused-ring (bicyclic) bond motifs is 2. The van der Waals surface area contributed by atoms with Crippen molar-refractivity contribution in [3.8, 4) is 17.2 Å².